The van der Waals surface area contributed by atoms with Gasteiger partial charge in [-0.2, -0.15) is 0 Å². The number of fused-ring (bicyclic) bond motifs is 1. The molecule has 1 aliphatic rings. The summed E-state index contributed by atoms with van der Waals surface area (Å²) >= 11 is 1.53. The summed E-state index contributed by atoms with van der Waals surface area (Å²) < 4.78 is 16.6. The van der Waals surface area contributed by atoms with Gasteiger partial charge in [-0.1, -0.05) is 12.1 Å². The van der Waals surface area contributed by atoms with E-state index in [-0.39, 0.29) is 5.82 Å². The zero-order valence-electron chi connectivity index (χ0n) is 13.0. The summed E-state index contributed by atoms with van der Waals surface area (Å²) in [5.74, 6) is -0.203. The highest BCUT2D eigenvalue weighted by atomic mass is 32.2. The third-order valence-electron chi connectivity index (χ3n) is 3.94. The topological polar surface area (TPSA) is 37.3 Å². The zero-order valence-corrected chi connectivity index (χ0v) is 13.8. The minimum atomic E-state index is -0.203. The standard InChI is InChI=1S/C19H14FN3S/c1-12-9-14(4-6-16(12)20)19-15(3-2-8-21-19)13-5-7-17-18(10-13)24-23-11-22-17/h2-11H,1H3,(H,22,23). The maximum Gasteiger partial charge on any atom is 0.126 e. The Morgan fingerprint density at radius 1 is 1.04 bits per heavy atom. The van der Waals surface area contributed by atoms with Gasteiger partial charge in [0, 0.05) is 17.3 Å². The Labute approximate surface area is 143 Å². The molecule has 0 atom stereocenters. The first-order valence-corrected chi connectivity index (χ1v) is 8.35. The van der Waals surface area contributed by atoms with E-state index in [1.807, 2.05) is 30.3 Å². The highest BCUT2D eigenvalue weighted by Gasteiger charge is 2.13. The Kier molecular flexibility index (Phi) is 3.78. The lowest BCUT2D eigenvalue weighted by atomic mass is 9.98. The number of nitrogens with one attached hydrogen (secondary N) is 1. The van der Waals surface area contributed by atoms with Crippen LogP contribution in [0, 0.1) is 12.7 Å². The number of aliphatic imine (C=N–C) groups is 1. The molecule has 1 N–H and O–H groups in total. The maximum atomic E-state index is 13.6. The number of benzene rings is 2. The molecule has 2 aromatic carbocycles. The van der Waals surface area contributed by atoms with E-state index >= 15 is 0 Å². The number of aryl methyl sites for hydroxylation is 1. The Balaban J connectivity index is 1.85. The summed E-state index contributed by atoms with van der Waals surface area (Å²) in [6.45, 7) is 1.76. The molecule has 0 spiro atoms. The average molecular weight is 335 g/mol. The van der Waals surface area contributed by atoms with Gasteiger partial charge in [0.25, 0.3) is 0 Å². The molecule has 3 nitrogen and oxygen atoms in total. The van der Waals surface area contributed by atoms with Crippen molar-refractivity contribution in [3.05, 3.63) is 66.1 Å². The molecule has 118 valence electrons. The van der Waals surface area contributed by atoms with Gasteiger partial charge in [0.2, 0.25) is 0 Å². The summed E-state index contributed by atoms with van der Waals surface area (Å²) in [7, 11) is 0. The number of rotatable bonds is 2. The van der Waals surface area contributed by atoms with E-state index in [9.17, 15) is 4.39 Å². The van der Waals surface area contributed by atoms with E-state index in [1.54, 1.807) is 25.5 Å². The van der Waals surface area contributed by atoms with Crippen molar-refractivity contribution in [2.75, 3.05) is 0 Å². The Bertz CT molecular complexity index is 953. The van der Waals surface area contributed by atoms with Crippen molar-refractivity contribution in [3.8, 4) is 22.4 Å². The molecular formula is C19H14FN3S. The minimum Gasteiger partial charge on any atom is -0.316 e. The van der Waals surface area contributed by atoms with Gasteiger partial charge >= 0.3 is 0 Å². The van der Waals surface area contributed by atoms with Gasteiger partial charge in [-0.25, -0.2) is 9.38 Å². The van der Waals surface area contributed by atoms with E-state index in [0.29, 0.717) is 5.56 Å². The van der Waals surface area contributed by atoms with Crippen molar-refractivity contribution >= 4 is 24.0 Å². The average Bonchev–Trinajstić information content (AvgIpc) is 2.63. The summed E-state index contributed by atoms with van der Waals surface area (Å²) in [6.07, 6.45) is 3.44. The van der Waals surface area contributed by atoms with Gasteiger partial charge in [0.1, 0.15) is 5.82 Å². The van der Waals surface area contributed by atoms with Crippen molar-refractivity contribution in [3.63, 3.8) is 0 Å². The van der Waals surface area contributed by atoms with Gasteiger partial charge in [-0.05, 0) is 66.4 Å². The number of hydrogen-bond acceptors (Lipinski definition) is 4. The molecule has 0 unspecified atom stereocenters. The lowest BCUT2D eigenvalue weighted by molar-refractivity contribution is 0.619. The molecule has 0 saturated carbocycles. The fourth-order valence-corrected chi connectivity index (χ4v) is 3.36. The molecule has 0 radical (unpaired) electrons. The molecule has 0 aliphatic carbocycles. The van der Waals surface area contributed by atoms with Gasteiger partial charge in [-0.3, -0.25) is 4.98 Å². The molecule has 5 heteroatoms. The van der Waals surface area contributed by atoms with Gasteiger partial charge < -0.3 is 4.72 Å². The second-order valence-electron chi connectivity index (χ2n) is 5.52. The van der Waals surface area contributed by atoms with Crippen LogP contribution in [0.1, 0.15) is 5.56 Å². The highest BCUT2D eigenvalue weighted by Crippen LogP contribution is 2.37. The van der Waals surface area contributed by atoms with Crippen LogP contribution in [0.15, 0.2) is 64.6 Å². The predicted octanol–water partition coefficient (Wildman–Crippen LogP) is 5.13. The molecule has 0 bridgehead atoms. The third kappa shape index (κ3) is 2.67. The van der Waals surface area contributed by atoms with Gasteiger partial charge in [-0.15, -0.1) is 0 Å². The Morgan fingerprint density at radius 2 is 1.92 bits per heavy atom. The summed E-state index contributed by atoms with van der Waals surface area (Å²) in [4.78, 5) is 9.92. The minimum absolute atomic E-state index is 0.203. The SMILES string of the molecule is Cc1cc(-c2ncccc2-c2ccc3c(c2)SNC=N3)ccc1F. The van der Waals surface area contributed by atoms with Crippen molar-refractivity contribution in [1.29, 1.82) is 0 Å². The number of hydrogen-bond donors (Lipinski definition) is 1. The monoisotopic (exact) mass is 335 g/mol. The number of pyridine rings is 1. The molecule has 24 heavy (non-hydrogen) atoms. The molecular weight excluding hydrogens is 321 g/mol. The van der Waals surface area contributed by atoms with Crippen LogP contribution in [-0.2, 0) is 0 Å². The van der Waals surface area contributed by atoms with E-state index in [1.165, 1.54) is 18.0 Å². The Morgan fingerprint density at radius 3 is 2.79 bits per heavy atom. The van der Waals surface area contributed by atoms with E-state index in [2.05, 4.69) is 20.8 Å². The fourth-order valence-electron chi connectivity index (χ4n) is 2.72. The molecule has 3 aromatic rings. The lowest BCUT2D eigenvalue weighted by Gasteiger charge is -2.14. The quantitative estimate of drug-likeness (QED) is 0.659. The highest BCUT2D eigenvalue weighted by molar-refractivity contribution is 7.98. The third-order valence-corrected chi connectivity index (χ3v) is 4.71. The molecule has 4 rings (SSSR count). The zero-order chi connectivity index (χ0) is 16.5. The Hall–Kier alpha value is -2.66. The smallest absolute Gasteiger partial charge is 0.126 e. The van der Waals surface area contributed by atoms with E-state index < -0.39 is 0 Å². The summed E-state index contributed by atoms with van der Waals surface area (Å²) in [5.41, 5.74) is 5.39. The van der Waals surface area contributed by atoms with E-state index in [0.717, 1.165) is 33.0 Å². The molecule has 0 saturated heterocycles. The first kappa shape index (κ1) is 14.9. The number of nitrogens with zero attached hydrogens (tertiary/aromatic N) is 2. The van der Waals surface area contributed by atoms with Crippen molar-refractivity contribution in [2.24, 2.45) is 4.99 Å². The van der Waals surface area contributed by atoms with Crippen LogP contribution in [0.4, 0.5) is 10.1 Å². The van der Waals surface area contributed by atoms with Crippen LogP contribution in [0.3, 0.4) is 0 Å². The first-order valence-electron chi connectivity index (χ1n) is 7.53. The molecule has 0 amide bonds. The lowest BCUT2D eigenvalue weighted by Crippen LogP contribution is -2.02. The van der Waals surface area contributed by atoms with Crippen LogP contribution in [0.25, 0.3) is 22.4 Å². The van der Waals surface area contributed by atoms with Crippen LogP contribution in [0.5, 0.6) is 0 Å². The molecule has 1 aromatic heterocycles. The van der Waals surface area contributed by atoms with Crippen LogP contribution >= 0.6 is 11.9 Å². The van der Waals surface area contributed by atoms with Crippen molar-refractivity contribution < 1.29 is 4.39 Å². The molecule has 2 heterocycles. The predicted molar refractivity (Wildman–Crippen MR) is 96.9 cm³/mol. The second-order valence-corrected chi connectivity index (χ2v) is 6.40. The fraction of sp³-hybridized carbons (Fsp3) is 0.0526. The van der Waals surface area contributed by atoms with Crippen molar-refractivity contribution in [2.45, 2.75) is 11.8 Å². The van der Waals surface area contributed by atoms with E-state index in [4.69, 9.17) is 0 Å². The van der Waals surface area contributed by atoms with Crippen LogP contribution < -0.4 is 4.72 Å². The summed E-state index contributed by atoms with van der Waals surface area (Å²) in [6, 6.07) is 15.2. The number of aromatic nitrogens is 1. The second kappa shape index (κ2) is 6.09. The molecule has 0 fully saturated rings. The van der Waals surface area contributed by atoms with Crippen LogP contribution in [-0.4, -0.2) is 11.3 Å². The van der Waals surface area contributed by atoms with Gasteiger partial charge in [0.15, 0.2) is 0 Å². The van der Waals surface area contributed by atoms with Gasteiger partial charge in [0.05, 0.1) is 22.6 Å². The first-order chi connectivity index (χ1) is 11.7. The molecule has 1 aliphatic heterocycles. The normalized spacial score (nSPS) is 12.6. The summed E-state index contributed by atoms with van der Waals surface area (Å²) in [5, 5.41) is 0. The van der Waals surface area contributed by atoms with Crippen molar-refractivity contribution in [1.82, 2.24) is 9.71 Å². The van der Waals surface area contributed by atoms with Crippen LogP contribution in [0.2, 0.25) is 0 Å². The number of halogens is 1. The maximum absolute atomic E-state index is 13.6. The largest absolute Gasteiger partial charge is 0.316 e.